The Morgan fingerprint density at radius 3 is 2.32 bits per heavy atom. The van der Waals surface area contributed by atoms with Crippen LogP contribution in [-0.4, -0.2) is 33.0 Å². The van der Waals surface area contributed by atoms with Crippen LogP contribution in [0.15, 0.2) is 90.1 Å². The first-order valence-electron chi connectivity index (χ1n) is 11.7. The van der Waals surface area contributed by atoms with Crippen LogP contribution in [0.5, 0.6) is 0 Å². The average molecular weight is 471 g/mol. The minimum absolute atomic E-state index is 0.120. The maximum Gasteiger partial charge on any atom is 0.220 e. The number of carbonyl (C=O) groups is 1. The van der Waals surface area contributed by atoms with Crippen molar-refractivity contribution in [3.8, 4) is 17.1 Å². The van der Waals surface area contributed by atoms with Crippen LogP contribution in [0.1, 0.15) is 30.4 Å². The van der Waals surface area contributed by atoms with Crippen molar-refractivity contribution in [1.82, 2.24) is 20.1 Å². The molecule has 1 heterocycles. The lowest BCUT2D eigenvalue weighted by molar-refractivity contribution is -0.121. The van der Waals surface area contributed by atoms with Gasteiger partial charge in [0.1, 0.15) is 0 Å². The van der Waals surface area contributed by atoms with E-state index in [9.17, 15) is 4.79 Å². The van der Waals surface area contributed by atoms with Crippen molar-refractivity contribution >= 4 is 17.7 Å². The molecule has 4 rings (SSSR count). The van der Waals surface area contributed by atoms with E-state index in [2.05, 4.69) is 75.5 Å². The Morgan fingerprint density at radius 1 is 0.882 bits per heavy atom. The second-order valence-electron chi connectivity index (χ2n) is 8.23. The van der Waals surface area contributed by atoms with Crippen molar-refractivity contribution in [2.75, 3.05) is 12.3 Å². The van der Waals surface area contributed by atoms with Crippen LogP contribution in [0.4, 0.5) is 0 Å². The Hall–Kier alpha value is -3.38. The van der Waals surface area contributed by atoms with Crippen LogP contribution in [0.2, 0.25) is 0 Å². The molecule has 1 N–H and O–H groups in total. The van der Waals surface area contributed by atoms with Gasteiger partial charge >= 0.3 is 0 Å². The normalized spacial score (nSPS) is 10.9. The summed E-state index contributed by atoms with van der Waals surface area (Å²) in [6.07, 6.45) is 3.21. The molecule has 4 aromatic rings. The molecular formula is C28H30N4OS. The molecule has 0 spiro atoms. The third-order valence-corrected chi connectivity index (χ3v) is 6.58. The number of nitrogens with one attached hydrogen (secondary N) is 1. The minimum Gasteiger partial charge on any atom is -0.356 e. The third kappa shape index (κ3) is 6.58. The van der Waals surface area contributed by atoms with Crippen LogP contribution in [-0.2, 0) is 11.2 Å². The summed E-state index contributed by atoms with van der Waals surface area (Å²) in [5.74, 6) is 1.84. The van der Waals surface area contributed by atoms with Crippen molar-refractivity contribution < 1.29 is 4.79 Å². The van der Waals surface area contributed by atoms with E-state index in [-0.39, 0.29) is 5.91 Å². The van der Waals surface area contributed by atoms with Gasteiger partial charge in [-0.25, -0.2) is 0 Å². The van der Waals surface area contributed by atoms with Crippen molar-refractivity contribution in [1.29, 1.82) is 0 Å². The summed E-state index contributed by atoms with van der Waals surface area (Å²) in [5, 5.41) is 12.9. The molecule has 1 aromatic heterocycles. The van der Waals surface area contributed by atoms with E-state index in [0.29, 0.717) is 13.0 Å². The molecule has 34 heavy (non-hydrogen) atoms. The van der Waals surface area contributed by atoms with E-state index in [1.165, 1.54) is 11.1 Å². The third-order valence-electron chi connectivity index (χ3n) is 5.57. The summed E-state index contributed by atoms with van der Waals surface area (Å²) in [6.45, 7) is 2.76. The fourth-order valence-electron chi connectivity index (χ4n) is 3.69. The molecule has 5 nitrogen and oxygen atoms in total. The van der Waals surface area contributed by atoms with Gasteiger partial charge in [-0.15, -0.1) is 10.2 Å². The number of aryl methyl sites for hydroxylation is 1. The molecule has 0 saturated carbocycles. The van der Waals surface area contributed by atoms with E-state index >= 15 is 0 Å². The van der Waals surface area contributed by atoms with Crippen molar-refractivity contribution in [3.63, 3.8) is 0 Å². The molecule has 1 amide bonds. The molecular weight excluding hydrogens is 440 g/mol. The van der Waals surface area contributed by atoms with Crippen LogP contribution in [0.25, 0.3) is 17.1 Å². The van der Waals surface area contributed by atoms with Gasteiger partial charge in [0.05, 0.1) is 0 Å². The second kappa shape index (κ2) is 12.2. The smallest absolute Gasteiger partial charge is 0.220 e. The Kier molecular flexibility index (Phi) is 8.52. The number of hydrogen-bond donors (Lipinski definition) is 1. The molecule has 6 heteroatoms. The summed E-state index contributed by atoms with van der Waals surface area (Å²) in [4.78, 5) is 12.1. The van der Waals surface area contributed by atoms with Gasteiger partial charge in [0, 0.05) is 30.0 Å². The zero-order chi connectivity index (χ0) is 23.6. The number of hydrogen-bond acceptors (Lipinski definition) is 4. The molecule has 0 fully saturated rings. The SMILES string of the molecule is Cc1ccc(-n2c(SCCCCC(=O)NCCc3ccccc3)nnc2-c2ccccc2)cc1. The van der Waals surface area contributed by atoms with Gasteiger partial charge in [-0.3, -0.25) is 9.36 Å². The van der Waals surface area contributed by atoms with Gasteiger partial charge in [-0.1, -0.05) is 90.1 Å². The first-order valence-corrected chi connectivity index (χ1v) is 12.7. The summed E-state index contributed by atoms with van der Waals surface area (Å²) < 4.78 is 2.12. The molecule has 0 aliphatic carbocycles. The lowest BCUT2D eigenvalue weighted by Crippen LogP contribution is -2.25. The van der Waals surface area contributed by atoms with Gasteiger partial charge in [-0.05, 0) is 43.9 Å². The molecule has 0 atom stereocenters. The molecule has 0 radical (unpaired) electrons. The standard InChI is InChI=1S/C28H30N4OS/c1-22-15-17-25(18-16-22)32-27(24-12-6-3-7-13-24)30-31-28(32)34-21-9-8-14-26(33)29-20-19-23-10-4-2-5-11-23/h2-7,10-13,15-18H,8-9,14,19-21H2,1H3,(H,29,33). The number of unbranched alkanes of at least 4 members (excludes halogenated alkanes) is 1. The lowest BCUT2D eigenvalue weighted by atomic mass is 10.1. The summed E-state index contributed by atoms with van der Waals surface area (Å²) in [5.41, 5.74) is 4.55. The quantitative estimate of drug-likeness (QED) is 0.220. The maximum atomic E-state index is 12.1. The highest BCUT2D eigenvalue weighted by Crippen LogP contribution is 2.28. The summed E-state index contributed by atoms with van der Waals surface area (Å²) in [7, 11) is 0. The Balaban J connectivity index is 1.29. The second-order valence-corrected chi connectivity index (χ2v) is 9.30. The molecule has 0 unspecified atom stereocenters. The molecule has 0 aliphatic heterocycles. The highest BCUT2D eigenvalue weighted by Gasteiger charge is 2.16. The van der Waals surface area contributed by atoms with Crippen LogP contribution >= 0.6 is 11.8 Å². The van der Waals surface area contributed by atoms with Crippen LogP contribution < -0.4 is 5.32 Å². The van der Waals surface area contributed by atoms with Gasteiger partial charge in [-0.2, -0.15) is 0 Å². The first kappa shape index (κ1) is 23.8. The lowest BCUT2D eigenvalue weighted by Gasteiger charge is -2.11. The molecule has 0 saturated heterocycles. The fourth-order valence-corrected chi connectivity index (χ4v) is 4.65. The summed E-state index contributed by atoms with van der Waals surface area (Å²) in [6, 6.07) is 28.8. The van der Waals surface area contributed by atoms with E-state index in [0.717, 1.165) is 47.2 Å². The number of amides is 1. The monoisotopic (exact) mass is 470 g/mol. The zero-order valence-electron chi connectivity index (χ0n) is 19.5. The van der Waals surface area contributed by atoms with Crippen molar-refractivity contribution in [2.45, 2.75) is 37.8 Å². The van der Waals surface area contributed by atoms with Gasteiger partial charge in [0.2, 0.25) is 5.91 Å². The summed E-state index contributed by atoms with van der Waals surface area (Å²) >= 11 is 1.69. The number of nitrogens with zero attached hydrogens (tertiary/aromatic N) is 3. The maximum absolute atomic E-state index is 12.1. The van der Waals surface area contributed by atoms with E-state index < -0.39 is 0 Å². The predicted molar refractivity (Wildman–Crippen MR) is 139 cm³/mol. The molecule has 0 bridgehead atoms. The van der Waals surface area contributed by atoms with Crippen LogP contribution in [0.3, 0.4) is 0 Å². The van der Waals surface area contributed by atoms with Crippen molar-refractivity contribution in [3.05, 3.63) is 96.1 Å². The predicted octanol–water partition coefficient (Wildman–Crippen LogP) is 5.86. The van der Waals surface area contributed by atoms with Gasteiger partial charge in [0.25, 0.3) is 0 Å². The van der Waals surface area contributed by atoms with E-state index in [1.807, 2.05) is 36.4 Å². The topological polar surface area (TPSA) is 59.8 Å². The minimum atomic E-state index is 0.120. The highest BCUT2D eigenvalue weighted by atomic mass is 32.2. The highest BCUT2D eigenvalue weighted by molar-refractivity contribution is 7.99. The first-order chi connectivity index (χ1) is 16.7. The molecule has 3 aromatic carbocycles. The number of carbonyl (C=O) groups excluding carboxylic acids is 1. The number of aromatic nitrogens is 3. The van der Waals surface area contributed by atoms with E-state index in [4.69, 9.17) is 0 Å². The zero-order valence-corrected chi connectivity index (χ0v) is 20.3. The largest absolute Gasteiger partial charge is 0.356 e. The number of thioether (sulfide) groups is 1. The number of benzene rings is 3. The van der Waals surface area contributed by atoms with Crippen LogP contribution in [0, 0.1) is 6.92 Å². The van der Waals surface area contributed by atoms with Gasteiger partial charge < -0.3 is 5.32 Å². The number of rotatable bonds is 11. The fraction of sp³-hybridized carbons (Fsp3) is 0.250. The Morgan fingerprint density at radius 2 is 1.59 bits per heavy atom. The van der Waals surface area contributed by atoms with Gasteiger partial charge in [0.15, 0.2) is 11.0 Å². The Bertz CT molecular complexity index is 1170. The Labute approximate surface area is 205 Å². The van der Waals surface area contributed by atoms with E-state index in [1.54, 1.807) is 11.8 Å². The molecule has 174 valence electrons. The average Bonchev–Trinajstić information content (AvgIpc) is 3.29. The molecule has 0 aliphatic rings. The van der Waals surface area contributed by atoms with Crippen molar-refractivity contribution in [2.24, 2.45) is 0 Å².